The first-order chi connectivity index (χ1) is 8.86. The molecule has 0 aliphatic heterocycles. The van der Waals surface area contributed by atoms with Gasteiger partial charge in [-0.15, -0.1) is 0 Å². The minimum Gasteiger partial charge on any atom is -0.268 e. The zero-order valence-electron chi connectivity index (χ0n) is 11.3. The third-order valence-electron chi connectivity index (χ3n) is 2.84. The summed E-state index contributed by atoms with van der Waals surface area (Å²) < 4.78 is 1.37. The van der Waals surface area contributed by atoms with Gasteiger partial charge >= 0.3 is 0 Å². The van der Waals surface area contributed by atoms with E-state index in [1.165, 1.54) is 16.8 Å². The molecule has 1 aromatic heterocycles. The largest absolute Gasteiger partial charge is 0.268 e. The number of halogens is 1. The summed E-state index contributed by atoms with van der Waals surface area (Å²) in [6.45, 7) is 6.81. The molecule has 0 spiro atoms. The zero-order valence-corrected chi connectivity index (χ0v) is 12.0. The van der Waals surface area contributed by atoms with E-state index in [2.05, 4.69) is 38.0 Å². The third kappa shape index (κ3) is 3.44. The molecule has 1 radical (unpaired) electrons. The smallest absolute Gasteiger partial charge is 0.267 e. The Labute approximate surface area is 117 Å². The molecular formula is C15H16ClN2O. The van der Waals surface area contributed by atoms with Crippen molar-refractivity contribution in [2.24, 2.45) is 0 Å². The zero-order chi connectivity index (χ0) is 14.0. The highest BCUT2D eigenvalue weighted by Gasteiger charge is 2.14. The molecule has 0 N–H and O–H groups in total. The van der Waals surface area contributed by atoms with Crippen molar-refractivity contribution < 1.29 is 0 Å². The molecule has 2 rings (SSSR count). The molecule has 0 atom stereocenters. The summed E-state index contributed by atoms with van der Waals surface area (Å²) in [6.07, 6.45) is 0. The fourth-order valence-electron chi connectivity index (χ4n) is 1.76. The van der Waals surface area contributed by atoms with Crippen LogP contribution in [-0.4, -0.2) is 9.78 Å². The van der Waals surface area contributed by atoms with Crippen molar-refractivity contribution in [1.29, 1.82) is 0 Å². The lowest BCUT2D eigenvalue weighted by Crippen LogP contribution is -2.22. The maximum atomic E-state index is 11.7. The quantitative estimate of drug-likeness (QED) is 0.844. The van der Waals surface area contributed by atoms with E-state index in [0.29, 0.717) is 11.7 Å². The third-order valence-corrected chi connectivity index (χ3v) is 3.04. The van der Waals surface area contributed by atoms with Gasteiger partial charge in [0.05, 0.1) is 6.54 Å². The minimum atomic E-state index is -0.158. The van der Waals surface area contributed by atoms with E-state index in [9.17, 15) is 4.79 Å². The molecule has 4 heteroatoms. The monoisotopic (exact) mass is 275 g/mol. The Hall–Kier alpha value is -1.61. The number of benzene rings is 1. The highest BCUT2D eigenvalue weighted by Crippen LogP contribution is 2.22. The first-order valence-corrected chi connectivity index (χ1v) is 6.49. The van der Waals surface area contributed by atoms with Gasteiger partial charge in [-0.2, -0.15) is 5.10 Å². The van der Waals surface area contributed by atoms with Crippen molar-refractivity contribution in [3.63, 3.8) is 0 Å². The van der Waals surface area contributed by atoms with E-state index in [1.54, 1.807) is 0 Å². The first-order valence-electron chi connectivity index (χ1n) is 6.11. The lowest BCUT2D eigenvalue weighted by atomic mass is 9.86. The fraction of sp³-hybridized carbons (Fsp3) is 0.333. The highest BCUT2D eigenvalue weighted by atomic mass is 35.5. The van der Waals surface area contributed by atoms with Crippen molar-refractivity contribution in [2.45, 2.75) is 32.7 Å². The topological polar surface area (TPSA) is 34.9 Å². The molecule has 0 saturated heterocycles. The van der Waals surface area contributed by atoms with Gasteiger partial charge in [0.25, 0.3) is 5.56 Å². The maximum absolute atomic E-state index is 11.7. The Morgan fingerprint density at radius 2 is 2.05 bits per heavy atom. The number of nitrogens with zero attached hydrogens (tertiary/aromatic N) is 2. The molecule has 3 nitrogen and oxygen atoms in total. The molecule has 1 aromatic carbocycles. The summed E-state index contributed by atoms with van der Waals surface area (Å²) in [4.78, 5) is 11.7. The summed E-state index contributed by atoms with van der Waals surface area (Å²) in [5, 5.41) is 4.34. The molecule has 19 heavy (non-hydrogen) atoms. The number of hydrogen-bond acceptors (Lipinski definition) is 2. The fourth-order valence-corrected chi connectivity index (χ4v) is 1.91. The van der Waals surface area contributed by atoms with Gasteiger partial charge in [0.2, 0.25) is 0 Å². The van der Waals surface area contributed by atoms with Crippen molar-refractivity contribution in [1.82, 2.24) is 9.78 Å². The van der Waals surface area contributed by atoms with Crippen LogP contribution in [0.2, 0.25) is 5.15 Å². The van der Waals surface area contributed by atoms with E-state index < -0.39 is 0 Å². The van der Waals surface area contributed by atoms with Gasteiger partial charge in [-0.3, -0.25) is 4.79 Å². The van der Waals surface area contributed by atoms with Crippen LogP contribution in [0.15, 0.2) is 35.1 Å². The molecule has 0 aliphatic carbocycles. The van der Waals surface area contributed by atoms with E-state index in [4.69, 9.17) is 11.6 Å². The molecular weight excluding hydrogens is 260 g/mol. The van der Waals surface area contributed by atoms with Gasteiger partial charge in [-0.25, -0.2) is 4.68 Å². The van der Waals surface area contributed by atoms with Crippen LogP contribution >= 0.6 is 11.6 Å². The lowest BCUT2D eigenvalue weighted by Gasteiger charge is -2.19. The number of aromatic nitrogens is 2. The maximum Gasteiger partial charge on any atom is 0.267 e. The molecule has 0 amide bonds. The van der Waals surface area contributed by atoms with E-state index in [0.717, 1.165) is 11.1 Å². The van der Waals surface area contributed by atoms with Crippen LogP contribution in [-0.2, 0) is 12.0 Å². The van der Waals surface area contributed by atoms with Gasteiger partial charge < -0.3 is 0 Å². The summed E-state index contributed by atoms with van der Waals surface area (Å²) in [5.74, 6) is 0. The summed E-state index contributed by atoms with van der Waals surface area (Å²) in [7, 11) is 0. The van der Waals surface area contributed by atoms with Crippen LogP contribution in [0.4, 0.5) is 0 Å². The van der Waals surface area contributed by atoms with E-state index >= 15 is 0 Å². The van der Waals surface area contributed by atoms with Crippen LogP contribution in [0.5, 0.6) is 0 Å². The highest BCUT2D eigenvalue weighted by molar-refractivity contribution is 6.29. The molecule has 2 aromatic rings. The summed E-state index contributed by atoms with van der Waals surface area (Å²) >= 11 is 5.81. The second-order valence-corrected chi connectivity index (χ2v) is 5.90. The van der Waals surface area contributed by atoms with Crippen LogP contribution in [0.3, 0.4) is 0 Å². The van der Waals surface area contributed by atoms with Crippen molar-refractivity contribution in [3.05, 3.63) is 63.0 Å². The van der Waals surface area contributed by atoms with Crippen LogP contribution in [0.25, 0.3) is 0 Å². The minimum absolute atomic E-state index is 0.0305. The second-order valence-electron chi connectivity index (χ2n) is 5.51. The lowest BCUT2D eigenvalue weighted by molar-refractivity contribution is 0.585. The molecule has 0 saturated carbocycles. The Bertz CT molecular complexity index is 641. The summed E-state index contributed by atoms with van der Waals surface area (Å²) in [5.41, 5.74) is 2.00. The number of rotatable bonds is 2. The molecule has 0 fully saturated rings. The first kappa shape index (κ1) is 13.8. The Morgan fingerprint density at radius 1 is 1.32 bits per heavy atom. The molecule has 0 bridgehead atoms. The molecule has 0 aliphatic rings. The average Bonchev–Trinajstić information content (AvgIpc) is 2.33. The van der Waals surface area contributed by atoms with E-state index in [1.807, 2.05) is 12.1 Å². The van der Waals surface area contributed by atoms with Gasteiger partial charge in [-0.05, 0) is 28.7 Å². The number of hydrogen-bond donors (Lipinski definition) is 0. The summed E-state index contributed by atoms with van der Waals surface area (Å²) in [6, 6.07) is 12.0. The van der Waals surface area contributed by atoms with Crippen molar-refractivity contribution in [2.75, 3.05) is 0 Å². The van der Waals surface area contributed by atoms with Gasteiger partial charge in [0.15, 0.2) is 0 Å². The molecule has 1 heterocycles. The molecule has 99 valence electrons. The van der Waals surface area contributed by atoms with Gasteiger partial charge in [0, 0.05) is 6.07 Å². The Kier molecular flexibility index (Phi) is 3.76. The predicted octanol–water partition coefficient (Wildman–Crippen LogP) is 3.04. The van der Waals surface area contributed by atoms with Crippen molar-refractivity contribution >= 4 is 11.6 Å². The van der Waals surface area contributed by atoms with Gasteiger partial charge in [-0.1, -0.05) is 50.6 Å². The average molecular weight is 276 g/mol. The van der Waals surface area contributed by atoms with Gasteiger partial charge in [0.1, 0.15) is 5.15 Å². The standard InChI is InChI=1S/C15H16ClN2O/c1-15(2,3)12-6-4-5-11(9-12)10-18-14(19)8-7-13(16)17-18/h4-5,7-9H,10H2,1-3H3. The predicted molar refractivity (Wildman–Crippen MR) is 76.6 cm³/mol. The van der Waals surface area contributed by atoms with E-state index in [-0.39, 0.29) is 11.0 Å². The molecule has 0 unspecified atom stereocenters. The van der Waals surface area contributed by atoms with Crippen molar-refractivity contribution in [3.8, 4) is 0 Å². The second kappa shape index (κ2) is 5.17. The normalized spacial score (nSPS) is 11.6. The Morgan fingerprint density at radius 3 is 2.74 bits per heavy atom. The van der Waals surface area contributed by atoms with Crippen LogP contribution < -0.4 is 5.56 Å². The van der Waals surface area contributed by atoms with Crippen LogP contribution in [0, 0.1) is 6.07 Å². The Balaban J connectivity index is 2.34. The SMILES string of the molecule is CC(C)(C)c1[c]ccc(Cn2nc(Cl)ccc2=O)c1. The van der Waals surface area contributed by atoms with Crippen LogP contribution in [0.1, 0.15) is 31.9 Å².